The number of para-hydroxylation sites is 1. The molecule has 0 radical (unpaired) electrons. The van der Waals surface area contributed by atoms with E-state index in [9.17, 15) is 0 Å². The van der Waals surface area contributed by atoms with Crippen LogP contribution in [0.5, 0.6) is 0 Å². The average Bonchev–Trinajstić information content (AvgIpc) is 2.99. The predicted molar refractivity (Wildman–Crippen MR) is 133 cm³/mol. The fourth-order valence-electron chi connectivity index (χ4n) is 4.27. The monoisotopic (exact) mass is 407 g/mol. The molecule has 0 saturated carbocycles. The van der Waals surface area contributed by atoms with Crippen LogP contribution in [0.15, 0.2) is 97.1 Å². The van der Waals surface area contributed by atoms with Crippen molar-refractivity contribution in [2.45, 2.75) is 25.8 Å². The van der Waals surface area contributed by atoms with E-state index < -0.39 is 0 Å². The number of hydrogen-bond acceptors (Lipinski definition) is 1. The van der Waals surface area contributed by atoms with Crippen LogP contribution >= 0.6 is 0 Å². The van der Waals surface area contributed by atoms with Crippen molar-refractivity contribution >= 4 is 23.2 Å². The summed E-state index contributed by atoms with van der Waals surface area (Å²) in [5.41, 5.74) is 7.71. The third kappa shape index (κ3) is 4.39. The molecule has 1 aliphatic heterocycles. The topological polar surface area (TPSA) is 6.25 Å². The van der Waals surface area contributed by atoms with E-state index in [1.807, 2.05) is 0 Å². The van der Waals surface area contributed by atoms with Crippen LogP contribution in [0.4, 0.5) is 11.4 Å². The molecule has 4 rings (SSSR count). The van der Waals surface area contributed by atoms with E-state index in [-0.39, 0.29) is 5.41 Å². The SMILES string of the molecule is CN(C)c1ccc(C=CC=CC2=[N+](Cc3ccccc3)c3ccccc3C2(C)C)cc1. The Balaban J connectivity index is 1.63. The molecule has 0 aliphatic carbocycles. The number of nitrogens with zero attached hydrogens (tertiary/aromatic N) is 2. The van der Waals surface area contributed by atoms with Crippen LogP contribution in [-0.2, 0) is 12.0 Å². The molecule has 0 spiro atoms. The summed E-state index contributed by atoms with van der Waals surface area (Å²) in [7, 11) is 4.13. The lowest BCUT2D eigenvalue weighted by Gasteiger charge is -2.15. The van der Waals surface area contributed by atoms with Gasteiger partial charge < -0.3 is 4.90 Å². The lowest BCUT2D eigenvalue weighted by atomic mass is 9.81. The Morgan fingerprint density at radius 1 is 0.774 bits per heavy atom. The van der Waals surface area contributed by atoms with Gasteiger partial charge in [0.15, 0.2) is 12.3 Å². The summed E-state index contributed by atoms with van der Waals surface area (Å²) in [5.74, 6) is 0. The minimum absolute atomic E-state index is 0.0386. The molecular formula is C29H31N2+. The van der Waals surface area contributed by atoms with E-state index in [0.29, 0.717) is 0 Å². The highest BCUT2D eigenvalue weighted by atomic mass is 15.1. The molecule has 2 heteroatoms. The van der Waals surface area contributed by atoms with Crippen LogP contribution in [0.25, 0.3) is 6.08 Å². The first kappa shape index (κ1) is 20.9. The molecule has 0 bridgehead atoms. The first-order valence-electron chi connectivity index (χ1n) is 10.9. The summed E-state index contributed by atoms with van der Waals surface area (Å²) in [5, 5.41) is 0. The lowest BCUT2D eigenvalue weighted by molar-refractivity contribution is -0.455. The van der Waals surface area contributed by atoms with Crippen molar-refractivity contribution in [3.63, 3.8) is 0 Å². The minimum atomic E-state index is -0.0386. The van der Waals surface area contributed by atoms with Crippen molar-refractivity contribution < 1.29 is 4.58 Å². The normalized spacial score (nSPS) is 15.1. The van der Waals surface area contributed by atoms with E-state index >= 15 is 0 Å². The molecule has 2 nitrogen and oxygen atoms in total. The zero-order chi connectivity index (χ0) is 21.8. The summed E-state index contributed by atoms with van der Waals surface area (Å²) >= 11 is 0. The molecule has 0 amide bonds. The Morgan fingerprint density at radius 3 is 2.13 bits per heavy atom. The van der Waals surface area contributed by atoms with Gasteiger partial charge in [-0.3, -0.25) is 0 Å². The van der Waals surface area contributed by atoms with E-state index in [0.717, 1.165) is 6.54 Å². The standard InChI is InChI=1S/C29H31N2/c1-29(2)26-15-9-10-16-27(26)31(22-24-13-6-5-7-14-24)28(29)17-11-8-12-23-18-20-25(21-19-23)30(3)4/h5-21H,22H2,1-4H3/q+1. The van der Waals surface area contributed by atoms with E-state index in [1.165, 1.54) is 33.8 Å². The van der Waals surface area contributed by atoms with Gasteiger partial charge in [0.1, 0.15) is 0 Å². The predicted octanol–water partition coefficient (Wildman–Crippen LogP) is 6.60. The number of benzene rings is 3. The second-order valence-electron chi connectivity index (χ2n) is 8.80. The number of fused-ring (bicyclic) bond motifs is 1. The summed E-state index contributed by atoms with van der Waals surface area (Å²) in [6.45, 7) is 5.51. The fraction of sp³-hybridized carbons (Fsp3) is 0.207. The van der Waals surface area contributed by atoms with Crippen LogP contribution in [0.3, 0.4) is 0 Å². The Kier molecular flexibility index (Phi) is 5.90. The van der Waals surface area contributed by atoms with E-state index in [2.05, 4.69) is 141 Å². The van der Waals surface area contributed by atoms with Gasteiger partial charge in [-0.1, -0.05) is 78.9 Å². The van der Waals surface area contributed by atoms with Crippen molar-refractivity contribution in [2.75, 3.05) is 19.0 Å². The van der Waals surface area contributed by atoms with Gasteiger partial charge in [-0.2, -0.15) is 4.58 Å². The van der Waals surface area contributed by atoms with Crippen molar-refractivity contribution in [2.24, 2.45) is 0 Å². The van der Waals surface area contributed by atoms with E-state index in [1.54, 1.807) is 0 Å². The van der Waals surface area contributed by atoms with Gasteiger partial charge in [-0.05, 0) is 31.5 Å². The molecule has 0 saturated heterocycles. The molecular weight excluding hydrogens is 376 g/mol. The molecule has 31 heavy (non-hydrogen) atoms. The molecule has 3 aromatic carbocycles. The summed E-state index contributed by atoms with van der Waals surface area (Å²) in [6.07, 6.45) is 8.74. The maximum atomic E-state index is 2.46. The van der Waals surface area contributed by atoms with Crippen molar-refractivity contribution in [3.05, 3.63) is 114 Å². The number of rotatable bonds is 6. The van der Waals surface area contributed by atoms with Gasteiger partial charge in [0, 0.05) is 43.1 Å². The first-order valence-corrected chi connectivity index (χ1v) is 10.9. The first-order chi connectivity index (χ1) is 15.0. The van der Waals surface area contributed by atoms with E-state index in [4.69, 9.17) is 0 Å². The Morgan fingerprint density at radius 2 is 1.42 bits per heavy atom. The Bertz CT molecular complexity index is 1130. The summed E-state index contributed by atoms with van der Waals surface area (Å²) in [6, 6.07) is 28.1. The Labute approximate surface area is 186 Å². The van der Waals surface area contributed by atoms with Gasteiger partial charge in [-0.15, -0.1) is 0 Å². The highest BCUT2D eigenvalue weighted by Gasteiger charge is 2.43. The third-order valence-electron chi connectivity index (χ3n) is 6.05. The highest BCUT2D eigenvalue weighted by molar-refractivity contribution is 6.03. The summed E-state index contributed by atoms with van der Waals surface area (Å²) < 4.78 is 2.46. The second kappa shape index (κ2) is 8.77. The Hall–Kier alpha value is -3.39. The molecule has 0 atom stereocenters. The van der Waals surface area contributed by atoms with Crippen molar-refractivity contribution in [3.8, 4) is 0 Å². The van der Waals surface area contributed by atoms with Gasteiger partial charge >= 0.3 is 0 Å². The third-order valence-corrected chi connectivity index (χ3v) is 6.05. The summed E-state index contributed by atoms with van der Waals surface area (Å²) in [4.78, 5) is 2.12. The minimum Gasteiger partial charge on any atom is -0.378 e. The maximum absolute atomic E-state index is 2.46. The lowest BCUT2D eigenvalue weighted by Crippen LogP contribution is -2.27. The van der Waals surface area contributed by atoms with Gasteiger partial charge in [0.25, 0.3) is 0 Å². The number of allylic oxidation sites excluding steroid dienone is 3. The largest absolute Gasteiger partial charge is 0.378 e. The molecule has 0 aromatic heterocycles. The molecule has 1 aliphatic rings. The van der Waals surface area contributed by atoms with Gasteiger partial charge in [-0.25, -0.2) is 0 Å². The smallest absolute Gasteiger partial charge is 0.210 e. The quantitative estimate of drug-likeness (QED) is 0.330. The zero-order valence-electron chi connectivity index (χ0n) is 18.9. The molecule has 156 valence electrons. The average molecular weight is 408 g/mol. The molecule has 0 fully saturated rings. The second-order valence-corrected chi connectivity index (χ2v) is 8.80. The van der Waals surface area contributed by atoms with Crippen LogP contribution in [0.1, 0.15) is 30.5 Å². The van der Waals surface area contributed by atoms with Crippen LogP contribution < -0.4 is 4.90 Å². The van der Waals surface area contributed by atoms with Gasteiger partial charge in [0.05, 0.1) is 5.41 Å². The van der Waals surface area contributed by atoms with Crippen molar-refractivity contribution in [1.82, 2.24) is 0 Å². The van der Waals surface area contributed by atoms with Crippen LogP contribution in [0, 0.1) is 0 Å². The maximum Gasteiger partial charge on any atom is 0.210 e. The molecule has 0 N–H and O–H groups in total. The van der Waals surface area contributed by atoms with Crippen LogP contribution in [0.2, 0.25) is 0 Å². The van der Waals surface area contributed by atoms with Crippen molar-refractivity contribution in [1.29, 1.82) is 0 Å². The number of anilines is 1. The molecule has 3 aromatic rings. The fourth-order valence-corrected chi connectivity index (χ4v) is 4.27. The number of hydrogen-bond donors (Lipinski definition) is 0. The van der Waals surface area contributed by atoms with Gasteiger partial charge in [0.2, 0.25) is 5.69 Å². The van der Waals surface area contributed by atoms with Crippen LogP contribution in [-0.4, -0.2) is 24.4 Å². The zero-order valence-corrected chi connectivity index (χ0v) is 18.9. The molecule has 0 unspecified atom stereocenters. The molecule has 1 heterocycles. The highest BCUT2D eigenvalue weighted by Crippen LogP contribution is 2.40.